The van der Waals surface area contributed by atoms with Gasteiger partial charge in [-0.15, -0.1) is 0 Å². The SMILES string of the molecule is c1ccc(COc2ccc(-c3nc(COc4cccc(CCCCn5ccnc5)c4)co3)cc2)cc1. The standard InChI is InChI=1S/C30H29N3O3/c1-2-8-25(9-3-1)20-34-28-14-12-26(13-15-28)30-32-27(22-36-30)21-35-29-11-6-10-24(19-29)7-4-5-17-33-18-16-31-23-33/h1-3,6,8-16,18-19,22-23H,4-5,7,17,20-21H2. The largest absolute Gasteiger partial charge is 0.489 e. The molecule has 0 saturated carbocycles. The number of nitrogens with zero attached hydrogens (tertiary/aromatic N) is 3. The van der Waals surface area contributed by atoms with Crippen molar-refractivity contribution in [3.8, 4) is 23.0 Å². The summed E-state index contributed by atoms with van der Waals surface area (Å²) in [5, 5.41) is 0. The lowest BCUT2D eigenvalue weighted by Crippen LogP contribution is -1.98. The fourth-order valence-electron chi connectivity index (χ4n) is 3.93. The highest BCUT2D eigenvalue weighted by atomic mass is 16.5. The number of ether oxygens (including phenoxy) is 2. The van der Waals surface area contributed by atoms with E-state index in [1.807, 2.05) is 85.5 Å². The molecule has 2 aromatic heterocycles. The van der Waals surface area contributed by atoms with Crippen LogP contribution in [0.15, 0.2) is 108 Å². The molecule has 0 atom stereocenters. The Labute approximate surface area is 211 Å². The molecule has 6 heteroatoms. The first-order valence-electron chi connectivity index (χ1n) is 12.2. The predicted octanol–water partition coefficient (Wildman–Crippen LogP) is 6.72. The number of unbranched alkanes of at least 4 members (excludes halogenated alkanes) is 1. The van der Waals surface area contributed by atoms with Crippen molar-refractivity contribution in [2.45, 2.75) is 39.0 Å². The van der Waals surface area contributed by atoms with Crippen molar-refractivity contribution >= 4 is 0 Å². The minimum absolute atomic E-state index is 0.353. The molecular weight excluding hydrogens is 450 g/mol. The van der Waals surface area contributed by atoms with Crippen LogP contribution in [0.5, 0.6) is 11.5 Å². The molecule has 0 fully saturated rings. The van der Waals surface area contributed by atoms with E-state index in [1.165, 1.54) is 5.56 Å². The molecule has 6 nitrogen and oxygen atoms in total. The number of benzene rings is 3. The minimum atomic E-state index is 0.353. The summed E-state index contributed by atoms with van der Waals surface area (Å²) < 4.78 is 19.6. The normalized spacial score (nSPS) is 10.9. The summed E-state index contributed by atoms with van der Waals surface area (Å²) >= 11 is 0. The number of hydrogen-bond donors (Lipinski definition) is 0. The van der Waals surface area contributed by atoms with E-state index in [0.717, 1.165) is 54.1 Å². The van der Waals surface area contributed by atoms with Gasteiger partial charge in [-0.1, -0.05) is 42.5 Å². The van der Waals surface area contributed by atoms with Gasteiger partial charge in [0.05, 0.1) is 6.33 Å². The first kappa shape index (κ1) is 23.4. The lowest BCUT2D eigenvalue weighted by molar-refractivity contribution is 0.300. The van der Waals surface area contributed by atoms with E-state index in [-0.39, 0.29) is 0 Å². The average Bonchev–Trinajstić information content (AvgIpc) is 3.63. The van der Waals surface area contributed by atoms with Crippen LogP contribution in [-0.2, 0) is 26.2 Å². The molecule has 5 aromatic rings. The molecule has 0 spiro atoms. The second-order valence-corrected chi connectivity index (χ2v) is 8.64. The van der Waals surface area contributed by atoms with Crippen LogP contribution in [0.2, 0.25) is 0 Å². The number of oxazole rings is 1. The summed E-state index contributed by atoms with van der Waals surface area (Å²) in [5.74, 6) is 2.21. The smallest absolute Gasteiger partial charge is 0.226 e. The van der Waals surface area contributed by atoms with Gasteiger partial charge in [0.2, 0.25) is 5.89 Å². The zero-order valence-electron chi connectivity index (χ0n) is 20.1. The summed E-state index contributed by atoms with van der Waals surface area (Å²) in [4.78, 5) is 8.67. The van der Waals surface area contributed by atoms with E-state index in [4.69, 9.17) is 13.9 Å². The molecule has 0 radical (unpaired) electrons. The van der Waals surface area contributed by atoms with E-state index < -0.39 is 0 Å². The molecular formula is C30H29N3O3. The van der Waals surface area contributed by atoms with Crippen LogP contribution in [0.1, 0.15) is 29.7 Å². The molecule has 5 rings (SSSR count). The molecule has 182 valence electrons. The molecule has 2 heterocycles. The van der Waals surface area contributed by atoms with Crippen LogP contribution < -0.4 is 9.47 Å². The monoisotopic (exact) mass is 479 g/mol. The predicted molar refractivity (Wildman–Crippen MR) is 139 cm³/mol. The topological polar surface area (TPSA) is 62.3 Å². The van der Waals surface area contributed by atoms with E-state index in [0.29, 0.717) is 19.1 Å². The van der Waals surface area contributed by atoms with Crippen LogP contribution in [0.4, 0.5) is 0 Å². The van der Waals surface area contributed by atoms with E-state index in [9.17, 15) is 0 Å². The van der Waals surface area contributed by atoms with Gasteiger partial charge in [-0.2, -0.15) is 0 Å². The summed E-state index contributed by atoms with van der Waals surface area (Å²) in [6.07, 6.45) is 10.6. The fourth-order valence-corrected chi connectivity index (χ4v) is 3.93. The second kappa shape index (κ2) is 11.9. The van der Waals surface area contributed by atoms with Gasteiger partial charge in [0.25, 0.3) is 0 Å². The zero-order chi connectivity index (χ0) is 24.4. The molecule has 0 bridgehead atoms. The third kappa shape index (κ3) is 6.63. The van der Waals surface area contributed by atoms with Gasteiger partial charge in [0.15, 0.2) is 0 Å². The van der Waals surface area contributed by atoms with Gasteiger partial charge in [-0.25, -0.2) is 9.97 Å². The van der Waals surface area contributed by atoms with E-state index in [1.54, 1.807) is 6.26 Å². The highest BCUT2D eigenvalue weighted by Crippen LogP contribution is 2.23. The second-order valence-electron chi connectivity index (χ2n) is 8.64. The Balaban J connectivity index is 1.09. The first-order valence-corrected chi connectivity index (χ1v) is 12.2. The Bertz CT molecular complexity index is 1330. The Morgan fingerprint density at radius 3 is 2.44 bits per heavy atom. The number of rotatable bonds is 12. The third-order valence-corrected chi connectivity index (χ3v) is 5.88. The van der Waals surface area contributed by atoms with Gasteiger partial charge >= 0.3 is 0 Å². The molecule has 36 heavy (non-hydrogen) atoms. The Hall–Kier alpha value is -4.32. The van der Waals surface area contributed by atoms with Crippen LogP contribution in [-0.4, -0.2) is 14.5 Å². The highest BCUT2D eigenvalue weighted by molar-refractivity contribution is 5.54. The molecule has 0 N–H and O–H groups in total. The number of aromatic nitrogens is 3. The highest BCUT2D eigenvalue weighted by Gasteiger charge is 2.08. The summed E-state index contributed by atoms with van der Waals surface area (Å²) in [7, 11) is 0. The molecule has 0 aliphatic carbocycles. The van der Waals surface area contributed by atoms with Gasteiger partial charge in [0.1, 0.15) is 36.7 Å². The van der Waals surface area contributed by atoms with Gasteiger partial charge in [0, 0.05) is 24.5 Å². The molecule has 3 aromatic carbocycles. The summed E-state index contributed by atoms with van der Waals surface area (Å²) in [6.45, 7) is 1.88. The van der Waals surface area contributed by atoms with E-state index >= 15 is 0 Å². The van der Waals surface area contributed by atoms with Crippen molar-refractivity contribution in [1.82, 2.24) is 14.5 Å². The van der Waals surface area contributed by atoms with E-state index in [2.05, 4.69) is 26.7 Å². The van der Waals surface area contributed by atoms with Crippen LogP contribution >= 0.6 is 0 Å². The number of imidazole rings is 1. The summed E-state index contributed by atoms with van der Waals surface area (Å²) in [6, 6.07) is 26.1. The third-order valence-electron chi connectivity index (χ3n) is 5.88. The Morgan fingerprint density at radius 1 is 0.778 bits per heavy atom. The lowest BCUT2D eigenvalue weighted by atomic mass is 10.1. The van der Waals surface area contributed by atoms with Crippen molar-refractivity contribution in [2.24, 2.45) is 0 Å². The maximum Gasteiger partial charge on any atom is 0.226 e. The van der Waals surface area contributed by atoms with Crippen LogP contribution in [0.25, 0.3) is 11.5 Å². The Morgan fingerprint density at radius 2 is 1.61 bits per heavy atom. The van der Waals surface area contributed by atoms with Crippen molar-refractivity contribution in [3.63, 3.8) is 0 Å². The Kier molecular flexibility index (Phi) is 7.73. The quantitative estimate of drug-likeness (QED) is 0.186. The molecule has 0 unspecified atom stereocenters. The lowest BCUT2D eigenvalue weighted by Gasteiger charge is -2.07. The molecule has 0 saturated heterocycles. The van der Waals surface area contributed by atoms with Crippen molar-refractivity contribution < 1.29 is 13.9 Å². The summed E-state index contributed by atoms with van der Waals surface area (Å²) in [5.41, 5.74) is 4.05. The van der Waals surface area contributed by atoms with Gasteiger partial charge < -0.3 is 18.5 Å². The zero-order valence-corrected chi connectivity index (χ0v) is 20.1. The van der Waals surface area contributed by atoms with Crippen molar-refractivity contribution in [2.75, 3.05) is 0 Å². The number of aryl methyl sites for hydroxylation is 2. The first-order chi connectivity index (χ1) is 17.8. The van der Waals surface area contributed by atoms with Crippen molar-refractivity contribution in [1.29, 1.82) is 0 Å². The maximum absolute atomic E-state index is 5.99. The molecule has 0 amide bonds. The van der Waals surface area contributed by atoms with Crippen LogP contribution in [0.3, 0.4) is 0 Å². The number of hydrogen-bond acceptors (Lipinski definition) is 5. The van der Waals surface area contributed by atoms with Crippen LogP contribution in [0, 0.1) is 0 Å². The molecule has 0 aliphatic heterocycles. The van der Waals surface area contributed by atoms with Gasteiger partial charge in [-0.3, -0.25) is 0 Å². The van der Waals surface area contributed by atoms with Crippen molar-refractivity contribution in [3.05, 3.63) is 121 Å². The molecule has 0 aliphatic rings. The van der Waals surface area contributed by atoms with Gasteiger partial charge in [-0.05, 0) is 66.8 Å². The maximum atomic E-state index is 5.99. The minimum Gasteiger partial charge on any atom is -0.489 e. The average molecular weight is 480 g/mol. The fraction of sp³-hybridized carbons (Fsp3) is 0.200.